The number of amides is 1. The highest BCUT2D eigenvalue weighted by molar-refractivity contribution is 7.99. The largest absolute Gasteiger partial charge is 0.334 e. The second-order valence-electron chi connectivity index (χ2n) is 7.08. The summed E-state index contributed by atoms with van der Waals surface area (Å²) in [6.07, 6.45) is 3.43. The van der Waals surface area contributed by atoms with Crippen molar-refractivity contribution in [2.45, 2.75) is 37.4 Å². The summed E-state index contributed by atoms with van der Waals surface area (Å²) in [6, 6.07) is 11.1. The van der Waals surface area contributed by atoms with Gasteiger partial charge in [0, 0.05) is 43.2 Å². The summed E-state index contributed by atoms with van der Waals surface area (Å²) in [7, 11) is 0. The Kier molecular flexibility index (Phi) is 5.11. The van der Waals surface area contributed by atoms with E-state index in [4.69, 9.17) is 0 Å². The predicted molar refractivity (Wildman–Crippen MR) is 99.2 cm³/mol. The number of hydrogen-bond donors (Lipinski definition) is 1. The molecular weight excluding hydrogens is 318 g/mol. The van der Waals surface area contributed by atoms with Gasteiger partial charge in [-0.1, -0.05) is 30.3 Å². The fourth-order valence-corrected chi connectivity index (χ4v) is 5.40. The molecular formula is C19H27N3OS. The van der Waals surface area contributed by atoms with Crippen LogP contribution >= 0.6 is 11.8 Å². The molecule has 4 rings (SSSR count). The Morgan fingerprint density at radius 1 is 1.08 bits per heavy atom. The Morgan fingerprint density at radius 3 is 2.62 bits per heavy atom. The minimum absolute atomic E-state index is 0.103. The summed E-state index contributed by atoms with van der Waals surface area (Å²) in [4.78, 5) is 18.3. The van der Waals surface area contributed by atoms with Crippen LogP contribution in [0, 0.1) is 0 Å². The second-order valence-corrected chi connectivity index (χ2v) is 8.31. The Bertz CT molecular complexity index is 547. The molecule has 3 aliphatic rings. The first-order valence-corrected chi connectivity index (χ1v) is 10.4. The molecule has 0 radical (unpaired) electrons. The lowest BCUT2D eigenvalue weighted by Gasteiger charge is -2.38. The minimum Gasteiger partial charge on any atom is -0.334 e. The molecule has 3 heterocycles. The van der Waals surface area contributed by atoms with Gasteiger partial charge in [0.25, 0.3) is 0 Å². The van der Waals surface area contributed by atoms with Gasteiger partial charge in [-0.05, 0) is 31.4 Å². The van der Waals surface area contributed by atoms with Crippen LogP contribution in [0.5, 0.6) is 0 Å². The van der Waals surface area contributed by atoms with Crippen LogP contribution in [0.3, 0.4) is 0 Å². The Balaban J connectivity index is 1.63. The number of carbonyl (C=O) groups excluding carboxylic acids is 1. The number of benzene rings is 1. The Hall–Kier alpha value is -1.04. The van der Waals surface area contributed by atoms with E-state index < -0.39 is 0 Å². The Labute approximate surface area is 149 Å². The lowest BCUT2D eigenvalue weighted by Crippen LogP contribution is -2.50. The summed E-state index contributed by atoms with van der Waals surface area (Å²) in [5, 5.41) is 3.51. The number of thioether (sulfide) groups is 1. The highest BCUT2D eigenvalue weighted by Gasteiger charge is 2.42. The average Bonchev–Trinajstić information content (AvgIpc) is 2.90. The highest BCUT2D eigenvalue weighted by Crippen LogP contribution is 2.34. The zero-order valence-electron chi connectivity index (χ0n) is 14.2. The van der Waals surface area contributed by atoms with Gasteiger partial charge in [0.05, 0.1) is 0 Å². The van der Waals surface area contributed by atoms with Crippen LogP contribution in [-0.2, 0) is 4.79 Å². The number of hydrogen-bond acceptors (Lipinski definition) is 4. The molecule has 3 atom stereocenters. The first-order valence-electron chi connectivity index (χ1n) is 9.24. The van der Waals surface area contributed by atoms with E-state index in [0.29, 0.717) is 18.0 Å². The summed E-state index contributed by atoms with van der Waals surface area (Å²) in [5.74, 6) is 2.60. The van der Waals surface area contributed by atoms with Crippen molar-refractivity contribution in [3.8, 4) is 0 Å². The van der Waals surface area contributed by atoms with Crippen molar-refractivity contribution in [1.29, 1.82) is 0 Å². The van der Waals surface area contributed by atoms with Gasteiger partial charge in [-0.15, -0.1) is 0 Å². The van der Waals surface area contributed by atoms with E-state index in [1.165, 1.54) is 6.42 Å². The van der Waals surface area contributed by atoms with E-state index in [9.17, 15) is 4.79 Å². The third-order valence-electron chi connectivity index (χ3n) is 5.67. The molecule has 0 aromatic heterocycles. The van der Waals surface area contributed by atoms with Gasteiger partial charge in [0.1, 0.15) is 6.04 Å². The van der Waals surface area contributed by atoms with E-state index in [0.717, 1.165) is 56.1 Å². The second kappa shape index (κ2) is 7.46. The fourth-order valence-electron chi connectivity index (χ4n) is 4.46. The average molecular weight is 346 g/mol. The number of rotatable bonds is 3. The lowest BCUT2D eigenvalue weighted by atomic mass is 10.0. The molecule has 2 bridgehead atoms. The minimum atomic E-state index is -0.103. The van der Waals surface area contributed by atoms with Crippen molar-refractivity contribution in [3.05, 3.63) is 35.9 Å². The van der Waals surface area contributed by atoms with Crippen molar-refractivity contribution in [3.63, 3.8) is 0 Å². The monoisotopic (exact) mass is 345 g/mol. The summed E-state index contributed by atoms with van der Waals surface area (Å²) >= 11 is 2.00. The lowest BCUT2D eigenvalue weighted by molar-refractivity contribution is -0.140. The van der Waals surface area contributed by atoms with Gasteiger partial charge in [-0.2, -0.15) is 11.8 Å². The normalized spacial score (nSPS) is 29.2. The van der Waals surface area contributed by atoms with E-state index in [2.05, 4.69) is 39.4 Å². The van der Waals surface area contributed by atoms with Crippen LogP contribution in [0.4, 0.5) is 0 Å². The SMILES string of the molecule is O=C(C(c1ccccc1)N1CCSCC1)N1C2CCNCC1CC2. The van der Waals surface area contributed by atoms with Crippen LogP contribution in [0.15, 0.2) is 30.3 Å². The van der Waals surface area contributed by atoms with Gasteiger partial charge < -0.3 is 10.2 Å². The first kappa shape index (κ1) is 16.4. The molecule has 3 aliphatic heterocycles. The maximum absolute atomic E-state index is 13.7. The van der Waals surface area contributed by atoms with Crippen LogP contribution in [0.25, 0.3) is 0 Å². The zero-order chi connectivity index (χ0) is 16.4. The molecule has 1 N–H and O–H groups in total. The van der Waals surface area contributed by atoms with Gasteiger partial charge in [-0.3, -0.25) is 9.69 Å². The van der Waals surface area contributed by atoms with Gasteiger partial charge in [0.2, 0.25) is 5.91 Å². The molecule has 0 saturated carbocycles. The number of nitrogens with zero attached hydrogens (tertiary/aromatic N) is 2. The van der Waals surface area contributed by atoms with E-state index in [1.807, 2.05) is 17.8 Å². The molecule has 24 heavy (non-hydrogen) atoms. The molecule has 0 spiro atoms. The van der Waals surface area contributed by atoms with Crippen molar-refractivity contribution in [2.24, 2.45) is 0 Å². The van der Waals surface area contributed by atoms with Crippen molar-refractivity contribution < 1.29 is 4.79 Å². The molecule has 1 amide bonds. The van der Waals surface area contributed by atoms with E-state index in [-0.39, 0.29) is 6.04 Å². The molecule has 0 aliphatic carbocycles. The molecule has 1 aromatic carbocycles. The highest BCUT2D eigenvalue weighted by atomic mass is 32.2. The summed E-state index contributed by atoms with van der Waals surface area (Å²) in [6.45, 7) is 4.02. The molecule has 3 saturated heterocycles. The maximum Gasteiger partial charge on any atom is 0.245 e. The summed E-state index contributed by atoms with van der Waals surface area (Å²) in [5.41, 5.74) is 1.16. The van der Waals surface area contributed by atoms with Crippen molar-refractivity contribution in [2.75, 3.05) is 37.7 Å². The van der Waals surface area contributed by atoms with E-state index in [1.54, 1.807) is 0 Å². The quantitative estimate of drug-likeness (QED) is 0.910. The maximum atomic E-state index is 13.7. The van der Waals surface area contributed by atoms with Crippen LogP contribution in [0.1, 0.15) is 30.9 Å². The number of nitrogens with one attached hydrogen (secondary N) is 1. The smallest absolute Gasteiger partial charge is 0.245 e. The van der Waals surface area contributed by atoms with Crippen LogP contribution in [0.2, 0.25) is 0 Å². The molecule has 3 fully saturated rings. The van der Waals surface area contributed by atoms with Crippen molar-refractivity contribution in [1.82, 2.24) is 15.1 Å². The topological polar surface area (TPSA) is 35.6 Å². The van der Waals surface area contributed by atoms with E-state index >= 15 is 0 Å². The predicted octanol–water partition coefficient (Wildman–Crippen LogP) is 2.13. The first-order chi connectivity index (χ1) is 11.8. The fraction of sp³-hybridized carbons (Fsp3) is 0.632. The van der Waals surface area contributed by atoms with Gasteiger partial charge in [-0.25, -0.2) is 0 Å². The molecule has 1 aromatic rings. The standard InChI is InChI=1S/C19H27N3OS/c23-19(22-16-6-7-17(22)14-20-9-8-16)18(15-4-2-1-3-5-15)21-10-12-24-13-11-21/h1-5,16-18,20H,6-14H2. The van der Waals surface area contributed by atoms with Gasteiger partial charge in [0.15, 0.2) is 0 Å². The van der Waals surface area contributed by atoms with Crippen LogP contribution in [-0.4, -0.2) is 65.5 Å². The Morgan fingerprint density at radius 2 is 1.83 bits per heavy atom. The van der Waals surface area contributed by atoms with Gasteiger partial charge >= 0.3 is 0 Å². The number of carbonyl (C=O) groups is 1. The molecule has 5 heteroatoms. The molecule has 4 nitrogen and oxygen atoms in total. The summed E-state index contributed by atoms with van der Waals surface area (Å²) < 4.78 is 0. The molecule has 130 valence electrons. The third kappa shape index (κ3) is 3.22. The van der Waals surface area contributed by atoms with Crippen molar-refractivity contribution >= 4 is 17.7 Å². The van der Waals surface area contributed by atoms with Crippen LogP contribution < -0.4 is 5.32 Å². The third-order valence-corrected chi connectivity index (χ3v) is 6.61. The zero-order valence-corrected chi connectivity index (χ0v) is 15.0. The number of fused-ring (bicyclic) bond motifs is 2. The molecule has 3 unspecified atom stereocenters.